The van der Waals surface area contributed by atoms with Crippen molar-refractivity contribution in [1.82, 2.24) is 5.06 Å². The highest BCUT2D eigenvalue weighted by Crippen LogP contribution is 2.36. The summed E-state index contributed by atoms with van der Waals surface area (Å²) < 4.78 is 21.2. The maximum atomic E-state index is 13.7. The lowest BCUT2D eigenvalue weighted by molar-refractivity contribution is -0.196. The molecular weight excluding hydrogens is 562 g/mol. The van der Waals surface area contributed by atoms with E-state index >= 15 is 0 Å². The normalized spacial score (nSPS) is 12.0. The molecule has 228 valence electrons. The third-order valence-electron chi connectivity index (χ3n) is 6.86. The van der Waals surface area contributed by atoms with Crippen LogP contribution in [0.3, 0.4) is 0 Å². The highest BCUT2D eigenvalue weighted by molar-refractivity contribution is 6.06. The van der Waals surface area contributed by atoms with E-state index in [0.29, 0.717) is 22.8 Å². The SMILES string of the molecule is COC(=O)C(CCC(=O)N(Cc1c(OC)cc(OC)cc1OC)OCc1ccccc1)(C(=O)O)c1ccc(C(=O)O)cc1. The predicted molar refractivity (Wildman–Crippen MR) is 152 cm³/mol. The van der Waals surface area contributed by atoms with Gasteiger partial charge in [-0.2, -0.15) is 0 Å². The summed E-state index contributed by atoms with van der Waals surface area (Å²) >= 11 is 0. The predicted octanol–water partition coefficient (Wildman–Crippen LogP) is 3.85. The minimum absolute atomic E-state index is 0.00505. The van der Waals surface area contributed by atoms with Crippen molar-refractivity contribution in [3.63, 3.8) is 0 Å². The number of ether oxygens (including phenoxy) is 4. The summed E-state index contributed by atoms with van der Waals surface area (Å²) in [4.78, 5) is 56.6. The van der Waals surface area contributed by atoms with Crippen LogP contribution in [0.15, 0.2) is 66.7 Å². The Morgan fingerprint density at radius 3 is 1.91 bits per heavy atom. The van der Waals surface area contributed by atoms with E-state index in [-0.39, 0.29) is 24.3 Å². The molecule has 0 radical (unpaired) electrons. The van der Waals surface area contributed by atoms with E-state index in [4.69, 9.17) is 23.8 Å². The fraction of sp³-hybridized carbons (Fsp3) is 0.290. The number of carboxylic acid groups (broad SMARTS) is 2. The minimum atomic E-state index is -2.30. The van der Waals surface area contributed by atoms with Crippen molar-refractivity contribution in [2.75, 3.05) is 28.4 Å². The van der Waals surface area contributed by atoms with Crippen LogP contribution in [0.1, 0.15) is 39.9 Å². The number of aromatic carboxylic acids is 1. The number of hydrogen-bond donors (Lipinski definition) is 2. The van der Waals surface area contributed by atoms with Crippen LogP contribution in [0.4, 0.5) is 0 Å². The molecule has 3 aromatic carbocycles. The number of methoxy groups -OCH3 is 4. The van der Waals surface area contributed by atoms with Gasteiger partial charge >= 0.3 is 17.9 Å². The zero-order valence-corrected chi connectivity index (χ0v) is 24.2. The van der Waals surface area contributed by atoms with Gasteiger partial charge in [-0.05, 0) is 29.7 Å². The second-order valence-electron chi connectivity index (χ2n) is 9.28. The van der Waals surface area contributed by atoms with E-state index < -0.39 is 42.1 Å². The van der Waals surface area contributed by atoms with Gasteiger partial charge in [-0.1, -0.05) is 42.5 Å². The van der Waals surface area contributed by atoms with Crippen molar-refractivity contribution >= 4 is 23.8 Å². The Bertz CT molecular complexity index is 1410. The largest absolute Gasteiger partial charge is 0.496 e. The van der Waals surface area contributed by atoms with Crippen LogP contribution in [0.2, 0.25) is 0 Å². The molecule has 0 spiro atoms. The number of rotatable bonds is 15. The Hall–Kier alpha value is -5.10. The number of carbonyl (C=O) groups is 4. The molecule has 1 atom stereocenters. The van der Waals surface area contributed by atoms with Gasteiger partial charge in [-0.25, -0.2) is 9.86 Å². The number of carboxylic acids is 2. The number of carbonyl (C=O) groups excluding carboxylic acids is 2. The van der Waals surface area contributed by atoms with E-state index in [1.54, 1.807) is 12.1 Å². The first kappa shape index (κ1) is 32.4. The van der Waals surface area contributed by atoms with Gasteiger partial charge in [0.25, 0.3) is 0 Å². The average Bonchev–Trinajstić information content (AvgIpc) is 3.03. The second kappa shape index (κ2) is 14.7. The molecule has 0 aliphatic carbocycles. The smallest absolute Gasteiger partial charge is 0.335 e. The summed E-state index contributed by atoms with van der Waals surface area (Å²) in [5, 5.41) is 20.6. The maximum Gasteiger partial charge on any atom is 0.335 e. The van der Waals surface area contributed by atoms with Crippen molar-refractivity contribution < 1.29 is 53.2 Å². The van der Waals surface area contributed by atoms with Crippen LogP contribution in [-0.2, 0) is 42.5 Å². The van der Waals surface area contributed by atoms with Gasteiger partial charge in [0.1, 0.15) is 23.9 Å². The molecule has 3 aromatic rings. The molecule has 12 heteroatoms. The average molecular weight is 596 g/mol. The molecular formula is C31H33NO11. The maximum absolute atomic E-state index is 13.7. The number of benzene rings is 3. The van der Waals surface area contributed by atoms with Gasteiger partial charge in [0, 0.05) is 18.6 Å². The summed E-state index contributed by atoms with van der Waals surface area (Å²) in [6.45, 7) is -0.154. The third kappa shape index (κ3) is 7.41. The van der Waals surface area contributed by atoms with E-state index in [2.05, 4.69) is 0 Å². The number of aliphatic carboxylic acids is 1. The van der Waals surface area contributed by atoms with E-state index in [0.717, 1.165) is 17.7 Å². The van der Waals surface area contributed by atoms with Gasteiger partial charge in [-0.3, -0.25) is 19.2 Å². The zero-order valence-electron chi connectivity index (χ0n) is 24.2. The fourth-order valence-electron chi connectivity index (χ4n) is 4.48. The molecule has 0 bridgehead atoms. The topological polar surface area (TPSA) is 158 Å². The lowest BCUT2D eigenvalue weighted by Crippen LogP contribution is -2.46. The van der Waals surface area contributed by atoms with Crippen molar-refractivity contribution in [3.8, 4) is 17.2 Å². The van der Waals surface area contributed by atoms with E-state index in [1.165, 1.54) is 45.6 Å². The molecule has 1 unspecified atom stereocenters. The standard InChI is InChI=1S/C31H33NO11/c1-39-23-16-25(40-2)24(26(17-23)41-3)18-32(43-19-20-8-6-5-7-9-20)27(33)14-15-31(29(36)37,30(38)42-4)22-12-10-21(11-13-22)28(34)35/h5-13,16-17H,14-15,18-19H2,1-4H3,(H,34,35)(H,36,37). The summed E-state index contributed by atoms with van der Waals surface area (Å²) in [5.74, 6) is -3.39. The molecule has 0 fully saturated rings. The minimum Gasteiger partial charge on any atom is -0.496 e. The van der Waals surface area contributed by atoms with Crippen LogP contribution >= 0.6 is 0 Å². The molecule has 0 aromatic heterocycles. The summed E-state index contributed by atoms with van der Waals surface area (Å²) in [7, 11) is 5.41. The van der Waals surface area contributed by atoms with Crippen LogP contribution in [0.25, 0.3) is 0 Å². The lowest BCUT2D eigenvalue weighted by atomic mass is 9.76. The summed E-state index contributed by atoms with van der Waals surface area (Å²) in [5.41, 5.74) is -1.23. The van der Waals surface area contributed by atoms with Gasteiger partial charge in [-0.15, -0.1) is 0 Å². The van der Waals surface area contributed by atoms with Crippen LogP contribution in [0.5, 0.6) is 17.2 Å². The first-order valence-electron chi connectivity index (χ1n) is 13.0. The van der Waals surface area contributed by atoms with Crippen molar-refractivity contribution in [3.05, 3.63) is 89.0 Å². The van der Waals surface area contributed by atoms with Crippen molar-refractivity contribution in [2.24, 2.45) is 0 Å². The first-order chi connectivity index (χ1) is 20.6. The van der Waals surface area contributed by atoms with Gasteiger partial charge in [0.15, 0.2) is 5.41 Å². The van der Waals surface area contributed by atoms with Crippen LogP contribution in [-0.4, -0.2) is 67.5 Å². The van der Waals surface area contributed by atoms with Gasteiger partial charge in [0.2, 0.25) is 5.91 Å². The molecule has 0 saturated carbocycles. The van der Waals surface area contributed by atoms with Crippen LogP contribution < -0.4 is 14.2 Å². The molecule has 0 aliphatic heterocycles. The third-order valence-corrected chi connectivity index (χ3v) is 6.86. The summed E-state index contributed by atoms with van der Waals surface area (Å²) in [6, 6.07) is 17.1. The molecule has 12 nitrogen and oxygen atoms in total. The second-order valence-corrected chi connectivity index (χ2v) is 9.28. The van der Waals surface area contributed by atoms with Crippen molar-refractivity contribution in [1.29, 1.82) is 0 Å². The molecule has 0 heterocycles. The summed E-state index contributed by atoms with van der Waals surface area (Å²) in [6.07, 6.45) is -0.972. The Morgan fingerprint density at radius 2 is 1.42 bits per heavy atom. The Balaban J connectivity index is 1.98. The van der Waals surface area contributed by atoms with Gasteiger partial charge < -0.3 is 29.2 Å². The fourth-order valence-corrected chi connectivity index (χ4v) is 4.48. The van der Waals surface area contributed by atoms with Gasteiger partial charge in [0.05, 0.1) is 46.1 Å². The lowest BCUT2D eigenvalue weighted by Gasteiger charge is -2.29. The van der Waals surface area contributed by atoms with Crippen LogP contribution in [0, 0.1) is 0 Å². The quantitative estimate of drug-likeness (QED) is 0.149. The molecule has 2 N–H and O–H groups in total. The number of esters is 1. The molecule has 43 heavy (non-hydrogen) atoms. The van der Waals surface area contributed by atoms with E-state index in [1.807, 2.05) is 30.3 Å². The number of nitrogens with zero attached hydrogens (tertiary/aromatic N) is 1. The first-order valence-corrected chi connectivity index (χ1v) is 13.0. The van der Waals surface area contributed by atoms with Crippen molar-refractivity contribution in [2.45, 2.75) is 31.4 Å². The Morgan fingerprint density at radius 1 is 0.814 bits per heavy atom. The Labute approximate surface area is 248 Å². The Kier molecular flexibility index (Phi) is 11.1. The zero-order chi connectivity index (χ0) is 31.6. The molecule has 0 saturated heterocycles. The molecule has 1 amide bonds. The highest BCUT2D eigenvalue weighted by Gasteiger charge is 2.49. The highest BCUT2D eigenvalue weighted by atomic mass is 16.7. The molecule has 0 aliphatic rings. The number of amides is 1. The number of hydrogen-bond acceptors (Lipinski definition) is 9. The monoisotopic (exact) mass is 595 g/mol. The number of hydroxylamine groups is 2. The molecule has 3 rings (SSSR count). The van der Waals surface area contributed by atoms with E-state index in [9.17, 15) is 29.4 Å².